The van der Waals surface area contributed by atoms with Crippen molar-refractivity contribution in [2.45, 2.75) is 0 Å². The van der Waals surface area contributed by atoms with Crippen molar-refractivity contribution in [1.82, 2.24) is 15.4 Å². The fourth-order valence-corrected chi connectivity index (χ4v) is 1.36. The van der Waals surface area contributed by atoms with E-state index in [4.69, 9.17) is 17.3 Å². The zero-order valence-corrected chi connectivity index (χ0v) is 8.62. The summed E-state index contributed by atoms with van der Waals surface area (Å²) in [5, 5.41) is 9.56. The van der Waals surface area contributed by atoms with Gasteiger partial charge in [-0.2, -0.15) is 15.4 Å². The van der Waals surface area contributed by atoms with Crippen LogP contribution in [-0.4, -0.2) is 21.3 Å². The van der Waals surface area contributed by atoms with Gasteiger partial charge in [-0.3, -0.25) is 4.79 Å². The van der Waals surface area contributed by atoms with Gasteiger partial charge in [0.1, 0.15) is 11.5 Å². The Morgan fingerprint density at radius 3 is 2.81 bits per heavy atom. The number of nitrogens with two attached hydrogens (primary N) is 1. The number of nitrogens with one attached hydrogen (secondary N) is 1. The number of benzene rings is 1. The summed E-state index contributed by atoms with van der Waals surface area (Å²) in [6.07, 6.45) is 0. The highest BCUT2D eigenvalue weighted by Crippen LogP contribution is 2.24. The maximum absolute atomic E-state index is 13.2. The molecule has 0 spiro atoms. The molecule has 1 aromatic heterocycles. The molecule has 0 aliphatic carbocycles. The number of hydrogen-bond acceptors (Lipinski definition) is 3. The van der Waals surface area contributed by atoms with Gasteiger partial charge in [-0.25, -0.2) is 4.39 Å². The van der Waals surface area contributed by atoms with Crippen LogP contribution in [0, 0.1) is 5.82 Å². The molecule has 0 saturated heterocycles. The van der Waals surface area contributed by atoms with Crippen LogP contribution in [0.15, 0.2) is 18.2 Å². The molecule has 3 N–H and O–H groups in total. The molecular weight excluding hydrogens is 235 g/mol. The number of nitrogens with zero attached hydrogens (tertiary/aromatic N) is 2. The number of carbonyl (C=O) groups excluding carboxylic acids is 1. The first kappa shape index (κ1) is 10.6. The van der Waals surface area contributed by atoms with E-state index in [2.05, 4.69) is 15.4 Å². The number of aromatic amines is 1. The Morgan fingerprint density at radius 2 is 2.19 bits per heavy atom. The highest BCUT2D eigenvalue weighted by molar-refractivity contribution is 6.30. The minimum Gasteiger partial charge on any atom is -0.364 e. The lowest BCUT2D eigenvalue weighted by Crippen LogP contribution is -2.12. The zero-order chi connectivity index (χ0) is 11.7. The van der Waals surface area contributed by atoms with Gasteiger partial charge in [-0.15, -0.1) is 0 Å². The molecule has 0 aliphatic heterocycles. The van der Waals surface area contributed by atoms with Gasteiger partial charge < -0.3 is 5.73 Å². The van der Waals surface area contributed by atoms with Crippen LogP contribution in [0.4, 0.5) is 4.39 Å². The summed E-state index contributed by atoms with van der Waals surface area (Å²) in [7, 11) is 0. The fraction of sp³-hybridized carbons (Fsp3) is 0. The van der Waals surface area contributed by atoms with Crippen LogP contribution < -0.4 is 5.73 Å². The van der Waals surface area contributed by atoms with E-state index in [9.17, 15) is 9.18 Å². The third-order valence-corrected chi connectivity index (χ3v) is 2.28. The van der Waals surface area contributed by atoms with Crippen LogP contribution in [0.2, 0.25) is 5.02 Å². The molecule has 7 heteroatoms. The van der Waals surface area contributed by atoms with E-state index in [0.717, 1.165) is 6.07 Å². The fourth-order valence-electron chi connectivity index (χ4n) is 1.25. The second-order valence-corrected chi connectivity index (χ2v) is 3.42. The minimum absolute atomic E-state index is 0.00660. The van der Waals surface area contributed by atoms with Gasteiger partial charge in [0, 0.05) is 5.56 Å². The number of primary amides is 1. The summed E-state index contributed by atoms with van der Waals surface area (Å²) in [4.78, 5) is 11.0. The van der Waals surface area contributed by atoms with Crippen LogP contribution in [0.3, 0.4) is 0 Å². The highest BCUT2D eigenvalue weighted by Gasteiger charge is 2.15. The molecule has 2 rings (SSSR count). The average molecular weight is 241 g/mol. The first-order valence-electron chi connectivity index (χ1n) is 4.25. The number of carbonyl (C=O) groups is 1. The van der Waals surface area contributed by atoms with Crippen LogP contribution >= 0.6 is 11.6 Å². The summed E-state index contributed by atoms with van der Waals surface area (Å²) in [5.74, 6) is -1.34. The topological polar surface area (TPSA) is 84.7 Å². The number of aromatic nitrogens is 3. The lowest BCUT2D eigenvalue weighted by Gasteiger charge is -1.99. The summed E-state index contributed by atoms with van der Waals surface area (Å²) >= 11 is 5.53. The van der Waals surface area contributed by atoms with Gasteiger partial charge in [0.25, 0.3) is 5.91 Å². The highest BCUT2D eigenvalue weighted by atomic mass is 35.5. The predicted octanol–water partition coefficient (Wildman–Crippen LogP) is 1.36. The molecule has 0 aliphatic rings. The van der Waals surface area contributed by atoms with Crippen molar-refractivity contribution < 1.29 is 9.18 Å². The molecule has 82 valence electrons. The van der Waals surface area contributed by atoms with E-state index < -0.39 is 11.7 Å². The standard InChI is InChI=1S/C9H6ClFN4O/c10-5-2-1-4(3-6(5)11)7-8(9(12)16)14-15-13-7/h1-3H,(H2,12,16)(H,13,14,15). The molecule has 2 aromatic rings. The average Bonchev–Trinajstić information content (AvgIpc) is 2.71. The third-order valence-electron chi connectivity index (χ3n) is 1.97. The van der Waals surface area contributed by atoms with Gasteiger partial charge >= 0.3 is 0 Å². The monoisotopic (exact) mass is 240 g/mol. The number of halogens is 2. The normalized spacial score (nSPS) is 10.4. The second-order valence-electron chi connectivity index (χ2n) is 3.01. The number of hydrogen-bond donors (Lipinski definition) is 2. The first-order valence-corrected chi connectivity index (χ1v) is 4.63. The summed E-state index contributed by atoms with van der Waals surface area (Å²) < 4.78 is 13.2. The first-order chi connectivity index (χ1) is 7.59. The minimum atomic E-state index is -0.737. The lowest BCUT2D eigenvalue weighted by atomic mass is 10.1. The van der Waals surface area contributed by atoms with Gasteiger partial charge in [0.2, 0.25) is 0 Å². The quantitative estimate of drug-likeness (QED) is 0.831. The van der Waals surface area contributed by atoms with Crippen molar-refractivity contribution in [3.63, 3.8) is 0 Å². The van der Waals surface area contributed by atoms with Crippen molar-refractivity contribution in [3.8, 4) is 11.3 Å². The van der Waals surface area contributed by atoms with Crippen molar-refractivity contribution in [2.75, 3.05) is 0 Å². The number of rotatable bonds is 2. The molecule has 5 nitrogen and oxygen atoms in total. The van der Waals surface area contributed by atoms with Crippen LogP contribution in [-0.2, 0) is 0 Å². The molecule has 0 radical (unpaired) electrons. The zero-order valence-electron chi connectivity index (χ0n) is 7.87. The summed E-state index contributed by atoms with van der Waals surface area (Å²) in [6.45, 7) is 0. The lowest BCUT2D eigenvalue weighted by molar-refractivity contribution is 0.0996. The van der Waals surface area contributed by atoms with E-state index in [1.807, 2.05) is 0 Å². The maximum Gasteiger partial charge on any atom is 0.271 e. The molecule has 1 heterocycles. The van der Waals surface area contributed by atoms with Gasteiger partial charge in [0.15, 0.2) is 5.69 Å². The van der Waals surface area contributed by atoms with Crippen molar-refractivity contribution in [2.24, 2.45) is 5.73 Å². The van der Waals surface area contributed by atoms with Crippen molar-refractivity contribution in [1.29, 1.82) is 0 Å². The third kappa shape index (κ3) is 1.74. The second kappa shape index (κ2) is 3.90. The van der Waals surface area contributed by atoms with Crippen LogP contribution in [0.5, 0.6) is 0 Å². The Bertz CT molecular complexity index is 554. The van der Waals surface area contributed by atoms with Gasteiger partial charge in [-0.05, 0) is 12.1 Å². The van der Waals surface area contributed by atoms with Gasteiger partial charge in [-0.1, -0.05) is 17.7 Å². The van der Waals surface area contributed by atoms with Crippen molar-refractivity contribution in [3.05, 3.63) is 34.7 Å². The van der Waals surface area contributed by atoms with Crippen molar-refractivity contribution >= 4 is 17.5 Å². The predicted molar refractivity (Wildman–Crippen MR) is 55.3 cm³/mol. The summed E-state index contributed by atoms with van der Waals surface area (Å²) in [5.41, 5.74) is 5.62. The Balaban J connectivity index is 2.54. The smallest absolute Gasteiger partial charge is 0.271 e. The molecular formula is C9H6ClFN4O. The summed E-state index contributed by atoms with van der Waals surface area (Å²) in [6, 6.07) is 4.05. The molecule has 0 bridgehead atoms. The molecule has 0 fully saturated rings. The van der Waals surface area contributed by atoms with E-state index in [0.29, 0.717) is 5.56 Å². The Kier molecular flexibility index (Phi) is 2.57. The molecule has 0 atom stereocenters. The Hall–Kier alpha value is -1.95. The SMILES string of the molecule is NC(=O)c1n[nH]nc1-c1ccc(Cl)c(F)c1. The Morgan fingerprint density at radius 1 is 1.44 bits per heavy atom. The molecule has 1 amide bonds. The Labute approximate surface area is 94.4 Å². The molecule has 1 aromatic carbocycles. The largest absolute Gasteiger partial charge is 0.364 e. The van der Waals surface area contributed by atoms with E-state index >= 15 is 0 Å². The molecule has 16 heavy (non-hydrogen) atoms. The molecule has 0 saturated carbocycles. The number of amides is 1. The number of H-pyrrole nitrogens is 1. The van der Waals surface area contributed by atoms with Crippen LogP contribution in [0.1, 0.15) is 10.5 Å². The van der Waals surface area contributed by atoms with E-state index in [-0.39, 0.29) is 16.4 Å². The maximum atomic E-state index is 13.2. The van der Waals surface area contributed by atoms with Crippen LogP contribution in [0.25, 0.3) is 11.3 Å². The van der Waals surface area contributed by atoms with E-state index in [1.165, 1.54) is 12.1 Å². The molecule has 0 unspecified atom stereocenters. The van der Waals surface area contributed by atoms with E-state index in [1.54, 1.807) is 0 Å². The van der Waals surface area contributed by atoms with Gasteiger partial charge in [0.05, 0.1) is 5.02 Å².